The first kappa shape index (κ1) is 22.1. The van der Waals surface area contributed by atoms with E-state index in [4.69, 9.17) is 4.74 Å². The Bertz CT molecular complexity index is 1000. The van der Waals surface area contributed by atoms with Crippen molar-refractivity contribution in [3.05, 3.63) is 77.0 Å². The highest BCUT2D eigenvalue weighted by molar-refractivity contribution is 6.04. The van der Waals surface area contributed by atoms with Gasteiger partial charge in [-0.3, -0.25) is 9.69 Å². The quantitative estimate of drug-likeness (QED) is 0.654. The van der Waals surface area contributed by atoms with E-state index in [0.29, 0.717) is 34.6 Å². The fourth-order valence-corrected chi connectivity index (χ4v) is 3.58. The van der Waals surface area contributed by atoms with E-state index >= 15 is 0 Å². The molecule has 3 amide bonds. The highest BCUT2D eigenvalue weighted by Crippen LogP contribution is 2.32. The molecule has 0 radical (unpaired) electrons. The lowest BCUT2D eigenvalue weighted by Gasteiger charge is -2.35. The van der Waals surface area contributed by atoms with Crippen LogP contribution >= 0.6 is 0 Å². The topological polar surface area (TPSA) is 87.7 Å². The molecule has 1 aliphatic rings. The molecular weight excluding hydrogens is 394 g/mol. The number of amides is 3. The second-order valence-corrected chi connectivity index (χ2v) is 7.32. The van der Waals surface area contributed by atoms with Crippen LogP contribution in [0.25, 0.3) is 0 Å². The first-order valence-corrected chi connectivity index (χ1v) is 10.3. The zero-order chi connectivity index (χ0) is 22.4. The van der Waals surface area contributed by atoms with Gasteiger partial charge < -0.3 is 15.4 Å². The second-order valence-electron chi connectivity index (χ2n) is 7.32. The molecular formula is C24H27N3O4. The summed E-state index contributed by atoms with van der Waals surface area (Å²) in [6, 6.07) is 15.0. The molecule has 0 fully saturated rings. The molecule has 1 atom stereocenters. The largest absolute Gasteiger partial charge is 0.466 e. The molecule has 0 aliphatic carbocycles. The van der Waals surface area contributed by atoms with Gasteiger partial charge in [0.05, 0.1) is 18.7 Å². The minimum absolute atomic E-state index is 0.240. The number of esters is 1. The molecule has 31 heavy (non-hydrogen) atoms. The van der Waals surface area contributed by atoms with Crippen LogP contribution in [0.5, 0.6) is 0 Å². The van der Waals surface area contributed by atoms with Crippen LogP contribution < -0.4 is 10.6 Å². The van der Waals surface area contributed by atoms with Gasteiger partial charge in [0.2, 0.25) is 0 Å². The number of carbonyl (C=O) groups is 3. The number of benzene rings is 2. The van der Waals surface area contributed by atoms with Crippen LogP contribution in [0.2, 0.25) is 0 Å². The van der Waals surface area contributed by atoms with Gasteiger partial charge in [0.15, 0.2) is 0 Å². The van der Waals surface area contributed by atoms with Crippen LogP contribution in [0, 0.1) is 0 Å². The van der Waals surface area contributed by atoms with Gasteiger partial charge in [-0.25, -0.2) is 9.59 Å². The Hall–Kier alpha value is -3.61. The van der Waals surface area contributed by atoms with Gasteiger partial charge in [-0.15, -0.1) is 0 Å². The van der Waals surface area contributed by atoms with Crippen molar-refractivity contribution in [2.24, 2.45) is 0 Å². The molecule has 0 saturated heterocycles. The number of ether oxygens (including phenoxy) is 1. The van der Waals surface area contributed by atoms with Gasteiger partial charge in [0.1, 0.15) is 0 Å². The lowest BCUT2D eigenvalue weighted by molar-refractivity contribution is -0.136. The van der Waals surface area contributed by atoms with Crippen molar-refractivity contribution < 1.29 is 19.1 Å². The minimum Gasteiger partial charge on any atom is -0.466 e. The standard InChI is InChI=1S/C24H27N3O4/c1-4-5-14-27-16(2)20(23(29)31-3)21(26-24(27)30)18-12-9-13-19(15-18)25-22(28)17-10-7-6-8-11-17/h6-13,15,21H,4-5,14H2,1-3H3,(H,25,28)(H,26,30)/t21-/m0/s1. The van der Waals surface area contributed by atoms with E-state index in [-0.39, 0.29) is 11.9 Å². The lowest BCUT2D eigenvalue weighted by Crippen LogP contribution is -2.48. The average molecular weight is 421 g/mol. The summed E-state index contributed by atoms with van der Waals surface area (Å²) in [6.07, 6.45) is 1.75. The zero-order valence-electron chi connectivity index (χ0n) is 18.0. The van der Waals surface area contributed by atoms with E-state index in [1.165, 1.54) is 7.11 Å². The van der Waals surface area contributed by atoms with E-state index in [0.717, 1.165) is 12.8 Å². The number of nitrogens with zero attached hydrogens (tertiary/aromatic N) is 1. The summed E-state index contributed by atoms with van der Waals surface area (Å²) in [4.78, 5) is 39.4. The van der Waals surface area contributed by atoms with E-state index in [2.05, 4.69) is 10.6 Å². The van der Waals surface area contributed by atoms with Crippen LogP contribution in [-0.4, -0.2) is 36.5 Å². The Morgan fingerprint density at radius 2 is 1.87 bits per heavy atom. The van der Waals surface area contributed by atoms with Crippen molar-refractivity contribution in [2.45, 2.75) is 32.7 Å². The number of carbonyl (C=O) groups excluding carboxylic acids is 3. The lowest BCUT2D eigenvalue weighted by atomic mass is 9.94. The predicted molar refractivity (Wildman–Crippen MR) is 118 cm³/mol. The SMILES string of the molecule is CCCCN1C(=O)N[C@@H](c2cccc(NC(=O)c3ccccc3)c2)C(C(=O)OC)=C1C. The van der Waals surface area contributed by atoms with Gasteiger partial charge in [0, 0.05) is 23.5 Å². The van der Waals surface area contributed by atoms with E-state index in [9.17, 15) is 14.4 Å². The van der Waals surface area contributed by atoms with Crippen molar-refractivity contribution in [1.82, 2.24) is 10.2 Å². The number of methoxy groups -OCH3 is 1. The van der Waals surface area contributed by atoms with Gasteiger partial charge in [-0.2, -0.15) is 0 Å². The molecule has 1 heterocycles. The third-order valence-electron chi connectivity index (χ3n) is 5.25. The molecule has 162 valence electrons. The summed E-state index contributed by atoms with van der Waals surface area (Å²) in [5, 5.41) is 5.78. The first-order valence-electron chi connectivity index (χ1n) is 10.3. The van der Waals surface area contributed by atoms with Crippen LogP contribution in [0.15, 0.2) is 65.9 Å². The minimum atomic E-state index is -0.675. The summed E-state index contributed by atoms with van der Waals surface area (Å²) in [6.45, 7) is 4.32. The zero-order valence-corrected chi connectivity index (χ0v) is 18.0. The molecule has 2 aromatic carbocycles. The Morgan fingerprint density at radius 1 is 1.13 bits per heavy atom. The van der Waals surface area contributed by atoms with Crippen LogP contribution in [0.4, 0.5) is 10.5 Å². The monoisotopic (exact) mass is 421 g/mol. The van der Waals surface area contributed by atoms with Crippen LogP contribution in [0.3, 0.4) is 0 Å². The summed E-state index contributed by atoms with van der Waals surface area (Å²) in [5.74, 6) is -0.737. The van der Waals surface area contributed by atoms with Gasteiger partial charge in [-0.1, -0.05) is 43.7 Å². The third kappa shape index (κ3) is 4.94. The number of allylic oxidation sites excluding steroid dienone is 1. The summed E-state index contributed by atoms with van der Waals surface area (Å²) >= 11 is 0. The number of rotatable bonds is 7. The molecule has 3 rings (SSSR count). The maximum atomic E-state index is 12.8. The van der Waals surface area contributed by atoms with Gasteiger partial charge in [-0.05, 0) is 43.2 Å². The number of hydrogen-bond donors (Lipinski definition) is 2. The molecule has 2 N–H and O–H groups in total. The molecule has 2 aromatic rings. The van der Waals surface area contributed by atoms with E-state index < -0.39 is 12.0 Å². The van der Waals surface area contributed by atoms with Gasteiger partial charge >= 0.3 is 12.0 Å². The summed E-state index contributed by atoms with van der Waals surface area (Å²) < 4.78 is 5.01. The molecule has 0 aromatic heterocycles. The first-order chi connectivity index (χ1) is 15.0. The molecule has 0 unspecified atom stereocenters. The number of hydrogen-bond acceptors (Lipinski definition) is 4. The van der Waals surface area contributed by atoms with Crippen molar-refractivity contribution >= 4 is 23.6 Å². The fourth-order valence-electron chi connectivity index (χ4n) is 3.58. The van der Waals surface area contributed by atoms with Crippen molar-refractivity contribution in [1.29, 1.82) is 0 Å². The van der Waals surface area contributed by atoms with Gasteiger partial charge in [0.25, 0.3) is 5.91 Å². The van der Waals surface area contributed by atoms with Crippen LogP contribution in [-0.2, 0) is 9.53 Å². The molecule has 0 saturated carbocycles. The smallest absolute Gasteiger partial charge is 0.337 e. The average Bonchev–Trinajstić information content (AvgIpc) is 2.79. The summed E-state index contributed by atoms with van der Waals surface area (Å²) in [7, 11) is 1.32. The highest BCUT2D eigenvalue weighted by atomic mass is 16.5. The molecule has 7 heteroatoms. The number of nitrogens with one attached hydrogen (secondary N) is 2. The normalized spacial score (nSPS) is 16.0. The van der Waals surface area contributed by atoms with Crippen molar-refractivity contribution in [3.63, 3.8) is 0 Å². The number of unbranched alkanes of at least 4 members (excludes halogenated alkanes) is 1. The van der Waals surface area contributed by atoms with Crippen molar-refractivity contribution in [3.8, 4) is 0 Å². The molecule has 7 nitrogen and oxygen atoms in total. The summed E-state index contributed by atoms with van der Waals surface area (Å²) in [5.41, 5.74) is 2.74. The maximum absolute atomic E-state index is 12.8. The fraction of sp³-hybridized carbons (Fsp3) is 0.292. The van der Waals surface area contributed by atoms with Crippen LogP contribution in [0.1, 0.15) is 48.7 Å². The van der Waals surface area contributed by atoms with E-state index in [1.807, 2.05) is 13.0 Å². The number of anilines is 1. The molecule has 0 bridgehead atoms. The Labute approximate surface area is 182 Å². The highest BCUT2D eigenvalue weighted by Gasteiger charge is 2.36. The molecule has 0 spiro atoms. The maximum Gasteiger partial charge on any atom is 0.337 e. The number of urea groups is 1. The third-order valence-corrected chi connectivity index (χ3v) is 5.25. The molecule has 1 aliphatic heterocycles. The second kappa shape index (κ2) is 9.93. The Morgan fingerprint density at radius 3 is 2.55 bits per heavy atom. The Balaban J connectivity index is 1.92. The van der Waals surface area contributed by atoms with Crippen molar-refractivity contribution in [2.75, 3.05) is 19.0 Å². The Kier molecular flexibility index (Phi) is 7.07. The predicted octanol–water partition coefficient (Wildman–Crippen LogP) is 4.25. The van der Waals surface area contributed by atoms with E-state index in [1.54, 1.807) is 60.4 Å².